The summed E-state index contributed by atoms with van der Waals surface area (Å²) in [6.07, 6.45) is 0. The molecule has 0 N–H and O–H groups in total. The number of fused-ring (bicyclic) bond motifs is 2. The standard InChI is InChI=1S/C23H21N/c1-16-12-14-18-8-4-6-10-20(18)22(16)24(3)23-17(2)13-15-19-9-5-7-11-21(19)23/h4-15H,1-3H3. The van der Waals surface area contributed by atoms with Crippen molar-refractivity contribution in [1.29, 1.82) is 0 Å². The van der Waals surface area contributed by atoms with E-state index in [-0.39, 0.29) is 0 Å². The van der Waals surface area contributed by atoms with E-state index in [1.54, 1.807) is 0 Å². The Morgan fingerprint density at radius 3 is 1.42 bits per heavy atom. The summed E-state index contributed by atoms with van der Waals surface area (Å²) in [7, 11) is 2.18. The van der Waals surface area contributed by atoms with Gasteiger partial charge in [0.1, 0.15) is 0 Å². The van der Waals surface area contributed by atoms with E-state index in [0.29, 0.717) is 0 Å². The van der Waals surface area contributed by atoms with Crippen molar-refractivity contribution in [2.75, 3.05) is 11.9 Å². The Kier molecular flexibility index (Phi) is 3.50. The van der Waals surface area contributed by atoms with Crippen LogP contribution in [0, 0.1) is 13.8 Å². The first kappa shape index (κ1) is 14.8. The highest BCUT2D eigenvalue weighted by Crippen LogP contribution is 2.39. The van der Waals surface area contributed by atoms with Crippen LogP contribution < -0.4 is 4.90 Å². The minimum absolute atomic E-state index is 1.28. The highest BCUT2D eigenvalue weighted by Gasteiger charge is 2.15. The predicted octanol–water partition coefficient (Wildman–Crippen LogP) is 6.38. The second-order valence-corrected chi connectivity index (χ2v) is 6.46. The van der Waals surface area contributed by atoms with Crippen LogP contribution in [-0.2, 0) is 0 Å². The Labute approximate surface area is 143 Å². The Balaban J connectivity index is 2.03. The average Bonchev–Trinajstić information content (AvgIpc) is 2.61. The summed E-state index contributed by atoms with van der Waals surface area (Å²) in [5, 5.41) is 5.16. The van der Waals surface area contributed by atoms with Gasteiger partial charge in [0.05, 0.1) is 11.4 Å². The lowest BCUT2D eigenvalue weighted by Crippen LogP contribution is -2.13. The molecule has 24 heavy (non-hydrogen) atoms. The van der Waals surface area contributed by atoms with Gasteiger partial charge in [-0.2, -0.15) is 0 Å². The molecule has 0 saturated carbocycles. The van der Waals surface area contributed by atoms with E-state index in [9.17, 15) is 0 Å². The molecule has 4 aromatic carbocycles. The number of hydrogen-bond acceptors (Lipinski definition) is 1. The van der Waals surface area contributed by atoms with Gasteiger partial charge in [0.15, 0.2) is 0 Å². The third-order valence-corrected chi connectivity index (χ3v) is 4.88. The van der Waals surface area contributed by atoms with Gasteiger partial charge in [-0.15, -0.1) is 0 Å². The first-order valence-corrected chi connectivity index (χ1v) is 8.37. The van der Waals surface area contributed by atoms with Gasteiger partial charge < -0.3 is 4.90 Å². The van der Waals surface area contributed by atoms with Crippen LogP contribution >= 0.6 is 0 Å². The van der Waals surface area contributed by atoms with Gasteiger partial charge in [-0.05, 0) is 35.7 Å². The zero-order valence-corrected chi connectivity index (χ0v) is 14.4. The summed E-state index contributed by atoms with van der Waals surface area (Å²) in [5.41, 5.74) is 5.16. The fraction of sp³-hybridized carbons (Fsp3) is 0.130. The van der Waals surface area contributed by atoms with Gasteiger partial charge in [0.2, 0.25) is 0 Å². The van der Waals surface area contributed by atoms with Crippen molar-refractivity contribution in [3.05, 3.63) is 83.9 Å². The van der Waals surface area contributed by atoms with E-state index >= 15 is 0 Å². The SMILES string of the molecule is Cc1ccc2ccccc2c1N(C)c1c(C)ccc2ccccc12. The number of nitrogens with zero attached hydrogens (tertiary/aromatic N) is 1. The molecule has 0 aliphatic carbocycles. The number of anilines is 2. The molecule has 4 aromatic rings. The highest BCUT2D eigenvalue weighted by molar-refractivity contribution is 6.03. The minimum Gasteiger partial charge on any atom is -0.343 e. The number of aryl methyl sites for hydroxylation is 2. The summed E-state index contributed by atoms with van der Waals surface area (Å²) in [6, 6.07) is 26.1. The molecule has 0 radical (unpaired) electrons. The molecule has 0 bridgehead atoms. The van der Waals surface area contributed by atoms with Gasteiger partial charge >= 0.3 is 0 Å². The van der Waals surface area contributed by atoms with Gasteiger partial charge in [-0.25, -0.2) is 0 Å². The summed E-state index contributed by atoms with van der Waals surface area (Å²) >= 11 is 0. The summed E-state index contributed by atoms with van der Waals surface area (Å²) in [5.74, 6) is 0. The monoisotopic (exact) mass is 311 g/mol. The Hall–Kier alpha value is -2.80. The highest BCUT2D eigenvalue weighted by atomic mass is 15.1. The molecule has 0 aliphatic rings. The quantitative estimate of drug-likeness (QED) is 0.415. The van der Waals surface area contributed by atoms with Crippen LogP contribution in [0.1, 0.15) is 11.1 Å². The zero-order valence-electron chi connectivity index (χ0n) is 14.4. The van der Waals surface area contributed by atoms with Gasteiger partial charge in [-0.1, -0.05) is 72.8 Å². The fourth-order valence-corrected chi connectivity index (χ4v) is 3.73. The summed E-state index contributed by atoms with van der Waals surface area (Å²) in [4.78, 5) is 2.36. The first-order chi connectivity index (χ1) is 11.7. The largest absolute Gasteiger partial charge is 0.343 e. The van der Waals surface area contributed by atoms with Gasteiger partial charge in [0.25, 0.3) is 0 Å². The fourth-order valence-electron chi connectivity index (χ4n) is 3.73. The minimum atomic E-state index is 1.28. The predicted molar refractivity (Wildman–Crippen MR) is 105 cm³/mol. The van der Waals surface area contributed by atoms with Crippen LogP contribution in [0.5, 0.6) is 0 Å². The van der Waals surface area contributed by atoms with E-state index in [0.717, 1.165) is 0 Å². The van der Waals surface area contributed by atoms with Crippen LogP contribution in [0.3, 0.4) is 0 Å². The summed E-state index contributed by atoms with van der Waals surface area (Å²) < 4.78 is 0. The third-order valence-electron chi connectivity index (χ3n) is 4.88. The second kappa shape index (κ2) is 5.68. The Bertz CT molecular complexity index is 961. The molecular weight excluding hydrogens is 290 g/mol. The van der Waals surface area contributed by atoms with Crippen molar-refractivity contribution in [2.24, 2.45) is 0 Å². The van der Waals surface area contributed by atoms with Crippen molar-refractivity contribution in [1.82, 2.24) is 0 Å². The normalized spacial score (nSPS) is 11.1. The second-order valence-electron chi connectivity index (χ2n) is 6.46. The smallest absolute Gasteiger partial charge is 0.0517 e. The lowest BCUT2D eigenvalue weighted by atomic mass is 10.00. The number of rotatable bonds is 2. The maximum Gasteiger partial charge on any atom is 0.0517 e. The third kappa shape index (κ3) is 2.25. The molecule has 0 aliphatic heterocycles. The molecule has 0 spiro atoms. The molecule has 0 atom stereocenters. The van der Waals surface area contributed by atoms with E-state index in [1.165, 1.54) is 44.0 Å². The molecule has 0 fully saturated rings. The molecule has 118 valence electrons. The molecule has 1 nitrogen and oxygen atoms in total. The van der Waals surface area contributed by atoms with Crippen LogP contribution in [0.4, 0.5) is 11.4 Å². The van der Waals surface area contributed by atoms with Crippen LogP contribution in [0.2, 0.25) is 0 Å². The maximum atomic E-state index is 2.36. The van der Waals surface area contributed by atoms with Crippen molar-refractivity contribution in [2.45, 2.75) is 13.8 Å². The van der Waals surface area contributed by atoms with Crippen LogP contribution in [0.15, 0.2) is 72.8 Å². The maximum absolute atomic E-state index is 2.36. The topological polar surface area (TPSA) is 3.24 Å². The summed E-state index contributed by atoms with van der Waals surface area (Å²) in [6.45, 7) is 4.39. The molecule has 0 unspecified atom stereocenters. The van der Waals surface area contributed by atoms with Crippen molar-refractivity contribution < 1.29 is 0 Å². The van der Waals surface area contributed by atoms with Crippen molar-refractivity contribution in [3.8, 4) is 0 Å². The van der Waals surface area contributed by atoms with Crippen LogP contribution in [-0.4, -0.2) is 7.05 Å². The first-order valence-electron chi connectivity index (χ1n) is 8.37. The molecule has 0 amide bonds. The Morgan fingerprint density at radius 1 is 0.542 bits per heavy atom. The molecule has 4 rings (SSSR count). The number of benzene rings is 4. The molecule has 0 heterocycles. The molecule has 0 saturated heterocycles. The van der Waals surface area contributed by atoms with Gasteiger partial charge in [0, 0.05) is 17.8 Å². The number of hydrogen-bond donors (Lipinski definition) is 0. The average molecular weight is 311 g/mol. The lowest BCUT2D eigenvalue weighted by molar-refractivity contribution is 1.19. The zero-order chi connectivity index (χ0) is 16.7. The lowest BCUT2D eigenvalue weighted by Gasteiger charge is -2.27. The van der Waals surface area contributed by atoms with E-state index < -0.39 is 0 Å². The van der Waals surface area contributed by atoms with E-state index in [1.807, 2.05) is 0 Å². The Morgan fingerprint density at radius 2 is 0.958 bits per heavy atom. The van der Waals surface area contributed by atoms with Crippen molar-refractivity contribution in [3.63, 3.8) is 0 Å². The molecule has 1 heteroatoms. The van der Waals surface area contributed by atoms with Gasteiger partial charge in [-0.3, -0.25) is 0 Å². The van der Waals surface area contributed by atoms with Crippen LogP contribution in [0.25, 0.3) is 21.5 Å². The molecule has 0 aromatic heterocycles. The van der Waals surface area contributed by atoms with E-state index in [4.69, 9.17) is 0 Å². The van der Waals surface area contributed by atoms with E-state index in [2.05, 4.69) is 98.6 Å². The molecular formula is C23H21N. The van der Waals surface area contributed by atoms with Crippen molar-refractivity contribution >= 4 is 32.9 Å².